The maximum Gasteiger partial charge on any atom is 0.344 e. The van der Waals surface area contributed by atoms with Crippen LogP contribution in [0.15, 0.2) is 48.5 Å². The zero-order valence-electron chi connectivity index (χ0n) is 16.6. The minimum atomic E-state index is -1.26. The van der Waals surface area contributed by atoms with Gasteiger partial charge in [-0.15, -0.1) is 0 Å². The van der Waals surface area contributed by atoms with Crippen LogP contribution >= 0.6 is 0 Å². The van der Waals surface area contributed by atoms with Crippen LogP contribution in [0.4, 0.5) is 4.79 Å². The van der Waals surface area contributed by atoms with Gasteiger partial charge >= 0.3 is 6.03 Å². The summed E-state index contributed by atoms with van der Waals surface area (Å²) in [6, 6.07) is 12.7. The predicted molar refractivity (Wildman–Crippen MR) is 107 cm³/mol. The van der Waals surface area contributed by atoms with E-state index in [-0.39, 0.29) is 12.4 Å². The number of amides is 5. The van der Waals surface area contributed by atoms with E-state index in [4.69, 9.17) is 9.47 Å². The van der Waals surface area contributed by atoms with E-state index in [1.54, 1.807) is 43.3 Å². The second-order valence-corrected chi connectivity index (χ2v) is 6.98. The van der Waals surface area contributed by atoms with Crippen molar-refractivity contribution in [2.24, 2.45) is 0 Å². The number of nitrogens with one attached hydrogen (secondary N) is 3. The molecule has 10 heteroatoms. The number of imide groups is 1. The Balaban J connectivity index is 1.39. The summed E-state index contributed by atoms with van der Waals surface area (Å²) in [5.74, 6) is -0.865. The molecule has 1 saturated heterocycles. The van der Waals surface area contributed by atoms with E-state index in [1.807, 2.05) is 0 Å². The van der Waals surface area contributed by atoms with Crippen molar-refractivity contribution in [3.05, 3.63) is 59.7 Å². The average molecular weight is 424 g/mol. The molecule has 1 fully saturated rings. The second kappa shape index (κ2) is 7.98. The molecule has 1 unspecified atom stereocenters. The number of nitrogens with zero attached hydrogens (tertiary/aromatic N) is 1. The van der Waals surface area contributed by atoms with E-state index in [1.165, 1.54) is 12.1 Å². The van der Waals surface area contributed by atoms with E-state index in [2.05, 4.69) is 16.1 Å². The highest BCUT2D eigenvalue weighted by molar-refractivity contribution is 6.08. The van der Waals surface area contributed by atoms with Gasteiger partial charge in [-0.25, -0.2) is 4.79 Å². The van der Waals surface area contributed by atoms with E-state index >= 15 is 0 Å². The minimum absolute atomic E-state index is 0.0803. The summed E-state index contributed by atoms with van der Waals surface area (Å²) in [6.45, 7) is 1.41. The fraction of sp³-hybridized carbons (Fsp3) is 0.238. The average Bonchev–Trinajstić information content (AvgIpc) is 3.36. The summed E-state index contributed by atoms with van der Waals surface area (Å²) in [5.41, 5.74) is 1.89. The van der Waals surface area contributed by atoms with E-state index in [0.717, 1.165) is 0 Å². The molecule has 2 aliphatic heterocycles. The van der Waals surface area contributed by atoms with Gasteiger partial charge in [0.2, 0.25) is 6.79 Å². The summed E-state index contributed by atoms with van der Waals surface area (Å²) in [4.78, 5) is 50.0. The SMILES string of the molecule is CCC1(c2ccccc2)NC(=O)N(NC(=O)CNC(=O)c2ccc3c(c2)OCO3)C1=O. The lowest BCUT2D eigenvalue weighted by atomic mass is 9.87. The topological polar surface area (TPSA) is 126 Å². The first kappa shape index (κ1) is 20.2. The van der Waals surface area contributed by atoms with Crippen LogP contribution in [0.5, 0.6) is 11.5 Å². The quantitative estimate of drug-likeness (QED) is 0.595. The third-order valence-corrected chi connectivity index (χ3v) is 5.17. The molecule has 2 heterocycles. The van der Waals surface area contributed by atoms with Gasteiger partial charge in [0.25, 0.3) is 17.7 Å². The summed E-state index contributed by atoms with van der Waals surface area (Å²) < 4.78 is 10.4. The van der Waals surface area contributed by atoms with Gasteiger partial charge in [0, 0.05) is 5.56 Å². The molecule has 5 amide bonds. The largest absolute Gasteiger partial charge is 0.454 e. The Bertz CT molecular complexity index is 1060. The monoisotopic (exact) mass is 424 g/mol. The highest BCUT2D eigenvalue weighted by Gasteiger charge is 2.52. The Morgan fingerprint density at radius 3 is 2.58 bits per heavy atom. The summed E-state index contributed by atoms with van der Waals surface area (Å²) in [6.07, 6.45) is 0.300. The van der Waals surface area contributed by atoms with Gasteiger partial charge in [0.1, 0.15) is 5.54 Å². The molecule has 0 spiro atoms. The van der Waals surface area contributed by atoms with Crippen LogP contribution in [0.25, 0.3) is 0 Å². The summed E-state index contributed by atoms with van der Waals surface area (Å²) in [7, 11) is 0. The van der Waals surface area contributed by atoms with Crippen LogP contribution in [0.2, 0.25) is 0 Å². The van der Waals surface area contributed by atoms with Crippen molar-refractivity contribution in [3.8, 4) is 11.5 Å². The fourth-order valence-corrected chi connectivity index (χ4v) is 3.50. The van der Waals surface area contributed by atoms with Gasteiger partial charge in [-0.2, -0.15) is 5.01 Å². The van der Waals surface area contributed by atoms with Gasteiger partial charge < -0.3 is 20.1 Å². The fourth-order valence-electron chi connectivity index (χ4n) is 3.50. The highest BCUT2D eigenvalue weighted by atomic mass is 16.7. The van der Waals surface area contributed by atoms with Crippen molar-refractivity contribution in [3.63, 3.8) is 0 Å². The van der Waals surface area contributed by atoms with Crippen LogP contribution < -0.4 is 25.5 Å². The van der Waals surface area contributed by atoms with Gasteiger partial charge in [0.15, 0.2) is 11.5 Å². The Morgan fingerprint density at radius 2 is 1.84 bits per heavy atom. The number of fused-ring (bicyclic) bond motifs is 1. The standard InChI is InChI=1S/C21H20N4O6/c1-2-21(14-6-4-3-5-7-14)19(28)25(20(29)23-21)24-17(26)11-22-18(27)13-8-9-15-16(10-13)31-12-30-15/h3-10H,2,11-12H2,1H3,(H,22,27)(H,23,29)(H,24,26). The second-order valence-electron chi connectivity index (χ2n) is 6.98. The Hall–Kier alpha value is -4.08. The van der Waals surface area contributed by atoms with Crippen molar-refractivity contribution in [1.82, 2.24) is 21.1 Å². The first-order valence-corrected chi connectivity index (χ1v) is 9.64. The number of rotatable bonds is 6. The van der Waals surface area contributed by atoms with Crippen LogP contribution in [0, 0.1) is 0 Å². The van der Waals surface area contributed by atoms with E-state index in [0.29, 0.717) is 28.5 Å². The lowest BCUT2D eigenvalue weighted by Crippen LogP contribution is -2.51. The molecule has 0 aromatic heterocycles. The van der Waals surface area contributed by atoms with Crippen molar-refractivity contribution in [1.29, 1.82) is 0 Å². The molecule has 10 nitrogen and oxygen atoms in total. The first-order valence-electron chi connectivity index (χ1n) is 9.64. The maximum absolute atomic E-state index is 13.0. The normalized spacial score (nSPS) is 19.2. The molecule has 2 aromatic rings. The number of carbonyl (C=O) groups is 4. The molecule has 0 saturated carbocycles. The van der Waals surface area contributed by atoms with E-state index < -0.39 is 35.8 Å². The lowest BCUT2D eigenvalue weighted by Gasteiger charge is -2.25. The van der Waals surface area contributed by atoms with Crippen LogP contribution in [-0.2, 0) is 15.1 Å². The summed E-state index contributed by atoms with van der Waals surface area (Å²) in [5, 5.41) is 5.75. The number of hydrogen-bond acceptors (Lipinski definition) is 6. The molecule has 1 atom stereocenters. The number of ether oxygens (including phenoxy) is 2. The molecular weight excluding hydrogens is 404 g/mol. The minimum Gasteiger partial charge on any atom is -0.454 e. The van der Waals surface area contributed by atoms with Crippen LogP contribution in [0.3, 0.4) is 0 Å². The van der Waals surface area contributed by atoms with E-state index in [9.17, 15) is 19.2 Å². The van der Waals surface area contributed by atoms with Crippen molar-refractivity contribution in [2.45, 2.75) is 18.9 Å². The zero-order valence-corrected chi connectivity index (χ0v) is 16.6. The van der Waals surface area contributed by atoms with Crippen LogP contribution in [-0.4, -0.2) is 42.1 Å². The molecule has 160 valence electrons. The molecular formula is C21H20N4O6. The molecule has 0 bridgehead atoms. The Labute approximate surface area is 177 Å². The van der Waals surface area contributed by atoms with Gasteiger partial charge in [-0.1, -0.05) is 37.3 Å². The lowest BCUT2D eigenvalue weighted by molar-refractivity contribution is -0.139. The number of hydrogen-bond donors (Lipinski definition) is 3. The van der Waals surface area contributed by atoms with Crippen molar-refractivity contribution >= 4 is 23.8 Å². The number of hydrazine groups is 1. The molecule has 31 heavy (non-hydrogen) atoms. The number of carbonyl (C=O) groups excluding carboxylic acids is 4. The number of benzene rings is 2. The molecule has 2 aliphatic rings. The third kappa shape index (κ3) is 3.63. The zero-order chi connectivity index (χ0) is 22.0. The number of urea groups is 1. The Kier molecular flexibility index (Phi) is 5.20. The molecule has 3 N–H and O–H groups in total. The van der Waals surface area contributed by atoms with Crippen molar-refractivity contribution < 1.29 is 28.7 Å². The molecule has 0 aliphatic carbocycles. The van der Waals surface area contributed by atoms with Crippen LogP contribution in [0.1, 0.15) is 29.3 Å². The van der Waals surface area contributed by atoms with Crippen molar-refractivity contribution in [2.75, 3.05) is 13.3 Å². The Morgan fingerprint density at radius 1 is 1.10 bits per heavy atom. The maximum atomic E-state index is 13.0. The smallest absolute Gasteiger partial charge is 0.344 e. The van der Waals surface area contributed by atoms with Gasteiger partial charge in [-0.3, -0.25) is 19.8 Å². The highest BCUT2D eigenvalue weighted by Crippen LogP contribution is 2.33. The summed E-state index contributed by atoms with van der Waals surface area (Å²) >= 11 is 0. The molecule has 0 radical (unpaired) electrons. The predicted octanol–water partition coefficient (Wildman–Crippen LogP) is 1.03. The first-order chi connectivity index (χ1) is 14.9. The van der Waals surface area contributed by atoms with Gasteiger partial charge in [0.05, 0.1) is 6.54 Å². The molecule has 4 rings (SSSR count). The third-order valence-electron chi connectivity index (χ3n) is 5.17. The van der Waals surface area contributed by atoms with Gasteiger partial charge in [-0.05, 0) is 30.2 Å². The molecule has 2 aromatic carbocycles.